The van der Waals surface area contributed by atoms with Gasteiger partial charge in [-0.15, -0.1) is 11.3 Å². The molecule has 0 aliphatic rings. The molecule has 0 amide bonds. The van der Waals surface area contributed by atoms with Crippen molar-refractivity contribution in [1.29, 1.82) is 0 Å². The number of halogens is 2. The summed E-state index contributed by atoms with van der Waals surface area (Å²) in [6.45, 7) is 1.68. The number of rotatable bonds is 2. The molecule has 1 N–H and O–H groups in total. The van der Waals surface area contributed by atoms with Gasteiger partial charge in [-0.05, 0) is 25.1 Å². The highest BCUT2D eigenvalue weighted by Crippen LogP contribution is 2.28. The quantitative estimate of drug-likeness (QED) is 0.877. The number of aromatic nitrogens is 1. The molecule has 0 spiro atoms. The summed E-state index contributed by atoms with van der Waals surface area (Å²) in [5.41, 5.74) is 1.24. The maximum Gasteiger partial charge on any atom is 0.159 e. The summed E-state index contributed by atoms with van der Waals surface area (Å²) < 4.78 is 25.7. The summed E-state index contributed by atoms with van der Waals surface area (Å²) in [6.07, 6.45) is 0. The molecule has 0 saturated heterocycles. The lowest BCUT2D eigenvalue weighted by Crippen LogP contribution is -1.85. The Hall–Kier alpha value is -1.33. The van der Waals surface area contributed by atoms with Crippen LogP contribution in [0.3, 0.4) is 0 Å². The third kappa shape index (κ3) is 1.96. The molecule has 16 heavy (non-hydrogen) atoms. The molecule has 2 aromatic rings. The Kier molecular flexibility index (Phi) is 2.98. The SMILES string of the molecule is Cc1nc(-c2ccc(F)c(F)c2)sc1CO. The molecule has 1 aromatic carbocycles. The van der Waals surface area contributed by atoms with Crippen LogP contribution in [-0.2, 0) is 6.61 Å². The van der Waals surface area contributed by atoms with Gasteiger partial charge in [0.15, 0.2) is 11.6 Å². The van der Waals surface area contributed by atoms with Gasteiger partial charge in [0, 0.05) is 5.56 Å². The first-order chi connectivity index (χ1) is 7.61. The smallest absolute Gasteiger partial charge is 0.159 e. The van der Waals surface area contributed by atoms with Gasteiger partial charge in [-0.2, -0.15) is 0 Å². The number of aliphatic hydroxyl groups excluding tert-OH is 1. The topological polar surface area (TPSA) is 33.1 Å². The predicted molar refractivity (Wildman–Crippen MR) is 58.1 cm³/mol. The van der Waals surface area contributed by atoms with Gasteiger partial charge in [0.05, 0.1) is 17.2 Å². The first-order valence-electron chi connectivity index (χ1n) is 4.64. The van der Waals surface area contributed by atoms with Gasteiger partial charge in [0.25, 0.3) is 0 Å². The molecule has 0 fully saturated rings. The molecule has 2 rings (SSSR count). The monoisotopic (exact) mass is 241 g/mol. The van der Waals surface area contributed by atoms with E-state index in [9.17, 15) is 8.78 Å². The van der Waals surface area contributed by atoms with E-state index >= 15 is 0 Å². The molecule has 1 aromatic heterocycles. The predicted octanol–water partition coefficient (Wildman–Crippen LogP) is 2.89. The van der Waals surface area contributed by atoms with Gasteiger partial charge in [-0.1, -0.05) is 0 Å². The minimum atomic E-state index is -0.893. The lowest BCUT2D eigenvalue weighted by atomic mass is 10.2. The molecular weight excluding hydrogens is 232 g/mol. The molecule has 0 atom stereocenters. The van der Waals surface area contributed by atoms with Gasteiger partial charge in [0.1, 0.15) is 5.01 Å². The fourth-order valence-corrected chi connectivity index (χ4v) is 2.25. The minimum absolute atomic E-state index is 0.0901. The van der Waals surface area contributed by atoms with Crippen molar-refractivity contribution in [3.8, 4) is 10.6 Å². The van der Waals surface area contributed by atoms with Gasteiger partial charge >= 0.3 is 0 Å². The zero-order chi connectivity index (χ0) is 11.7. The van der Waals surface area contributed by atoms with Crippen LogP contribution in [0, 0.1) is 18.6 Å². The van der Waals surface area contributed by atoms with Crippen molar-refractivity contribution in [2.24, 2.45) is 0 Å². The second kappa shape index (κ2) is 4.27. The molecule has 1 heterocycles. The molecule has 0 aliphatic carbocycles. The summed E-state index contributed by atoms with van der Waals surface area (Å²) in [7, 11) is 0. The molecule has 2 nitrogen and oxygen atoms in total. The van der Waals surface area contributed by atoms with E-state index < -0.39 is 11.6 Å². The van der Waals surface area contributed by atoms with E-state index in [0.717, 1.165) is 17.0 Å². The highest BCUT2D eigenvalue weighted by atomic mass is 32.1. The molecule has 0 unspecified atom stereocenters. The van der Waals surface area contributed by atoms with Crippen LogP contribution < -0.4 is 0 Å². The lowest BCUT2D eigenvalue weighted by molar-refractivity contribution is 0.284. The Morgan fingerprint density at radius 2 is 2.06 bits per heavy atom. The van der Waals surface area contributed by atoms with Crippen molar-refractivity contribution in [1.82, 2.24) is 4.98 Å². The van der Waals surface area contributed by atoms with Crippen molar-refractivity contribution in [2.75, 3.05) is 0 Å². The molecule has 0 saturated carbocycles. The van der Waals surface area contributed by atoms with Crippen molar-refractivity contribution in [3.05, 3.63) is 40.4 Å². The molecule has 0 aliphatic heterocycles. The molecule has 0 bridgehead atoms. The number of nitrogens with zero attached hydrogens (tertiary/aromatic N) is 1. The van der Waals surface area contributed by atoms with E-state index in [2.05, 4.69) is 4.98 Å². The van der Waals surface area contributed by atoms with Crippen LogP contribution in [0.1, 0.15) is 10.6 Å². The summed E-state index contributed by atoms with van der Waals surface area (Å²) in [5.74, 6) is -1.77. The Bertz CT molecular complexity index is 525. The maximum absolute atomic E-state index is 13.0. The Morgan fingerprint density at radius 3 is 2.62 bits per heavy atom. The summed E-state index contributed by atoms with van der Waals surface area (Å²) in [6, 6.07) is 3.65. The first kappa shape index (κ1) is 11.2. The third-order valence-corrected chi connectivity index (χ3v) is 3.39. The fourth-order valence-electron chi connectivity index (χ4n) is 1.33. The third-order valence-electron chi connectivity index (χ3n) is 2.20. The standard InChI is InChI=1S/C11H9F2NOS/c1-6-10(5-15)16-11(14-6)7-2-3-8(12)9(13)4-7/h2-4,15H,5H2,1H3. The van der Waals surface area contributed by atoms with Crippen LogP contribution in [0.4, 0.5) is 8.78 Å². The molecule has 0 radical (unpaired) electrons. The van der Waals surface area contributed by atoms with Crippen molar-refractivity contribution >= 4 is 11.3 Å². The summed E-state index contributed by atoms with van der Waals surface area (Å²) >= 11 is 1.28. The van der Waals surface area contributed by atoms with Gasteiger partial charge in [-0.25, -0.2) is 13.8 Å². The Morgan fingerprint density at radius 1 is 1.31 bits per heavy atom. The van der Waals surface area contributed by atoms with Crippen molar-refractivity contribution < 1.29 is 13.9 Å². The zero-order valence-corrected chi connectivity index (χ0v) is 9.31. The van der Waals surface area contributed by atoms with E-state index in [-0.39, 0.29) is 6.61 Å². The second-order valence-electron chi connectivity index (χ2n) is 3.31. The zero-order valence-electron chi connectivity index (χ0n) is 8.50. The van der Waals surface area contributed by atoms with Crippen LogP contribution in [0.25, 0.3) is 10.6 Å². The first-order valence-corrected chi connectivity index (χ1v) is 5.46. The normalized spacial score (nSPS) is 10.8. The minimum Gasteiger partial charge on any atom is -0.391 e. The molecule has 5 heteroatoms. The van der Waals surface area contributed by atoms with E-state index in [4.69, 9.17) is 5.11 Å². The fraction of sp³-hybridized carbons (Fsp3) is 0.182. The van der Waals surface area contributed by atoms with Crippen molar-refractivity contribution in [2.45, 2.75) is 13.5 Å². The van der Waals surface area contributed by atoms with Gasteiger partial charge in [-0.3, -0.25) is 0 Å². The van der Waals surface area contributed by atoms with E-state index in [0.29, 0.717) is 16.3 Å². The van der Waals surface area contributed by atoms with Crippen LogP contribution >= 0.6 is 11.3 Å². The average Bonchev–Trinajstić information content (AvgIpc) is 2.64. The van der Waals surface area contributed by atoms with Crippen molar-refractivity contribution in [3.63, 3.8) is 0 Å². The number of aryl methyl sites for hydroxylation is 1. The van der Waals surface area contributed by atoms with Crippen LogP contribution in [0.5, 0.6) is 0 Å². The van der Waals surface area contributed by atoms with Crippen LogP contribution in [-0.4, -0.2) is 10.1 Å². The summed E-state index contributed by atoms with van der Waals surface area (Å²) in [5, 5.41) is 9.60. The Balaban J connectivity index is 2.46. The van der Waals surface area contributed by atoms with E-state index in [1.807, 2.05) is 0 Å². The lowest BCUT2D eigenvalue weighted by Gasteiger charge is -1.96. The average molecular weight is 241 g/mol. The maximum atomic E-state index is 13.0. The number of aliphatic hydroxyl groups is 1. The van der Waals surface area contributed by atoms with E-state index in [1.165, 1.54) is 17.4 Å². The number of thiazole rings is 1. The van der Waals surface area contributed by atoms with E-state index in [1.54, 1.807) is 6.92 Å². The van der Waals surface area contributed by atoms with Gasteiger partial charge in [0.2, 0.25) is 0 Å². The summed E-state index contributed by atoms with van der Waals surface area (Å²) in [4.78, 5) is 4.93. The largest absolute Gasteiger partial charge is 0.391 e. The number of hydrogen-bond donors (Lipinski definition) is 1. The Labute approximate surface area is 95.2 Å². The molecule has 84 valence electrons. The highest BCUT2D eigenvalue weighted by Gasteiger charge is 2.10. The number of benzene rings is 1. The molecular formula is C11H9F2NOS. The van der Waals surface area contributed by atoms with Gasteiger partial charge < -0.3 is 5.11 Å². The number of hydrogen-bond acceptors (Lipinski definition) is 3. The van der Waals surface area contributed by atoms with Crippen LogP contribution in [0.2, 0.25) is 0 Å². The van der Waals surface area contributed by atoms with Crippen LogP contribution in [0.15, 0.2) is 18.2 Å². The highest BCUT2D eigenvalue weighted by molar-refractivity contribution is 7.15. The second-order valence-corrected chi connectivity index (χ2v) is 4.40.